The first-order valence-corrected chi connectivity index (χ1v) is 16.3. The molecule has 0 bridgehead atoms. The molecule has 0 spiro atoms. The third-order valence-corrected chi connectivity index (χ3v) is 9.83. The molecule has 2 nitrogen and oxygen atoms in total. The van der Waals surface area contributed by atoms with Gasteiger partial charge in [-0.1, -0.05) is 103 Å². The van der Waals surface area contributed by atoms with Gasteiger partial charge in [-0.05, 0) is 105 Å². The highest BCUT2D eigenvalue weighted by molar-refractivity contribution is 14.1. The normalized spacial score (nSPS) is 11.7. The predicted molar refractivity (Wildman–Crippen MR) is 199 cm³/mol. The minimum atomic E-state index is 1.17. The number of rotatable bonds is 4. The zero-order valence-corrected chi connectivity index (χ0v) is 26.5. The number of nitrogens with zero attached hydrogens (tertiary/aromatic N) is 1. The highest BCUT2D eigenvalue weighted by Crippen LogP contribution is 2.42. The first-order chi connectivity index (χ1) is 22.2. The van der Waals surface area contributed by atoms with Crippen molar-refractivity contribution >= 4 is 66.2 Å². The fourth-order valence-electron chi connectivity index (χ4n) is 6.88. The van der Waals surface area contributed by atoms with E-state index >= 15 is 0 Å². The molecule has 7 aromatic carbocycles. The topological polar surface area (TPSA) is 20.7 Å². The Morgan fingerprint density at radius 3 is 1.67 bits per heavy atom. The zero-order valence-electron chi connectivity index (χ0n) is 24.3. The molecule has 0 atom stereocenters. The van der Waals surface area contributed by atoms with Gasteiger partial charge in [0, 0.05) is 36.4 Å². The number of aromatic nitrogens is 2. The highest BCUT2D eigenvalue weighted by atomic mass is 127. The molecule has 3 heteroatoms. The number of aromatic amines is 1. The first kappa shape index (κ1) is 26.3. The predicted octanol–water partition coefficient (Wildman–Crippen LogP) is 12.0. The van der Waals surface area contributed by atoms with Crippen LogP contribution in [0.3, 0.4) is 0 Å². The second kappa shape index (κ2) is 10.5. The first-order valence-electron chi connectivity index (χ1n) is 15.2. The van der Waals surface area contributed by atoms with Crippen LogP contribution in [0, 0.1) is 3.57 Å². The van der Waals surface area contributed by atoms with Crippen LogP contribution in [0.25, 0.3) is 82.7 Å². The van der Waals surface area contributed by atoms with E-state index in [4.69, 9.17) is 0 Å². The van der Waals surface area contributed by atoms with Gasteiger partial charge < -0.3 is 9.55 Å². The number of fused-ring (bicyclic) bond motifs is 6. The molecule has 9 rings (SSSR count). The quantitative estimate of drug-likeness (QED) is 0.178. The van der Waals surface area contributed by atoms with Crippen molar-refractivity contribution in [1.82, 2.24) is 9.55 Å². The summed E-state index contributed by atoms with van der Waals surface area (Å²) in [5, 5.41) is 5.00. The largest absolute Gasteiger partial charge is 0.353 e. The van der Waals surface area contributed by atoms with E-state index in [1.807, 2.05) is 0 Å². The maximum absolute atomic E-state index is 3.87. The lowest BCUT2D eigenvalue weighted by atomic mass is 9.94. The van der Waals surface area contributed by atoms with Crippen LogP contribution >= 0.6 is 22.6 Å². The Morgan fingerprint density at radius 1 is 0.400 bits per heavy atom. The molecule has 45 heavy (non-hydrogen) atoms. The van der Waals surface area contributed by atoms with Crippen molar-refractivity contribution in [3.8, 4) is 39.1 Å². The summed E-state index contributed by atoms with van der Waals surface area (Å²) in [4.78, 5) is 3.87. The van der Waals surface area contributed by atoms with Gasteiger partial charge in [0.1, 0.15) is 0 Å². The van der Waals surface area contributed by atoms with E-state index in [2.05, 4.69) is 190 Å². The summed E-state index contributed by atoms with van der Waals surface area (Å²) in [6.07, 6.45) is 0. The monoisotopic (exact) mass is 686 g/mol. The Kier molecular flexibility index (Phi) is 6.13. The van der Waals surface area contributed by atoms with Gasteiger partial charge in [0.2, 0.25) is 0 Å². The van der Waals surface area contributed by atoms with Crippen LogP contribution in [-0.2, 0) is 0 Å². The minimum Gasteiger partial charge on any atom is -0.353 e. The molecule has 0 amide bonds. The summed E-state index contributed by atoms with van der Waals surface area (Å²) in [5.74, 6) is 0. The molecule has 0 aliphatic heterocycles. The number of para-hydroxylation sites is 2. The van der Waals surface area contributed by atoms with Gasteiger partial charge in [-0.25, -0.2) is 0 Å². The smallest absolute Gasteiger partial charge is 0.0601 e. The molecule has 0 aliphatic carbocycles. The SMILES string of the molecule is Ic1cc(-c2ccccc2)cc2c1[nH]c1c(-c3ccc4c(c3)c3ccccc3n4-c3ccccc3)cc(-c3ccccc3)cc12. The van der Waals surface area contributed by atoms with Crippen molar-refractivity contribution in [3.05, 3.63) is 161 Å². The Labute approximate surface area is 274 Å². The summed E-state index contributed by atoms with van der Waals surface area (Å²) in [6, 6.07) is 57.1. The summed E-state index contributed by atoms with van der Waals surface area (Å²) >= 11 is 2.49. The van der Waals surface area contributed by atoms with E-state index in [-0.39, 0.29) is 0 Å². The number of halogens is 1. The van der Waals surface area contributed by atoms with E-state index in [1.54, 1.807) is 0 Å². The van der Waals surface area contributed by atoms with Crippen molar-refractivity contribution in [2.45, 2.75) is 0 Å². The Bertz CT molecular complexity index is 2520. The third-order valence-electron chi connectivity index (χ3n) is 8.98. The Morgan fingerprint density at radius 2 is 0.956 bits per heavy atom. The maximum atomic E-state index is 3.87. The average Bonchev–Trinajstić information content (AvgIpc) is 3.65. The third kappa shape index (κ3) is 4.30. The molecule has 2 heterocycles. The molecular weight excluding hydrogens is 659 g/mol. The van der Waals surface area contributed by atoms with Crippen molar-refractivity contribution < 1.29 is 0 Å². The number of H-pyrrole nitrogens is 1. The van der Waals surface area contributed by atoms with Crippen molar-refractivity contribution in [2.24, 2.45) is 0 Å². The summed E-state index contributed by atoms with van der Waals surface area (Å²) in [5.41, 5.74) is 13.2. The Balaban J connectivity index is 1.34. The van der Waals surface area contributed by atoms with Crippen LogP contribution in [0.1, 0.15) is 0 Å². The second-order valence-corrected chi connectivity index (χ2v) is 12.8. The highest BCUT2D eigenvalue weighted by Gasteiger charge is 2.18. The summed E-state index contributed by atoms with van der Waals surface area (Å²) in [7, 11) is 0. The standard InChI is InChI=1S/C42H27IN2/c43-38-26-31(28-14-6-2-7-15-28)25-37-36-24-30(27-12-4-1-5-13-27)23-34(41(36)44-42(37)38)29-20-21-40-35(22-29)33-18-10-11-19-39(33)45(40)32-16-8-3-9-17-32/h1-26,44H. The van der Waals surface area contributed by atoms with Gasteiger partial charge in [-0.3, -0.25) is 0 Å². The number of nitrogens with one attached hydrogen (secondary N) is 1. The molecule has 1 N–H and O–H groups in total. The molecule has 0 fully saturated rings. The van der Waals surface area contributed by atoms with Gasteiger partial charge >= 0.3 is 0 Å². The fourth-order valence-corrected chi connectivity index (χ4v) is 7.64. The molecule has 0 saturated carbocycles. The average molecular weight is 687 g/mol. The molecule has 0 radical (unpaired) electrons. The van der Waals surface area contributed by atoms with Crippen LogP contribution in [0.2, 0.25) is 0 Å². The molecule has 0 aliphatic rings. The van der Waals surface area contributed by atoms with E-state index in [9.17, 15) is 0 Å². The maximum Gasteiger partial charge on any atom is 0.0601 e. The van der Waals surface area contributed by atoms with Crippen molar-refractivity contribution in [3.63, 3.8) is 0 Å². The molecule has 0 saturated heterocycles. The second-order valence-electron chi connectivity index (χ2n) is 11.6. The zero-order chi connectivity index (χ0) is 29.9. The summed E-state index contributed by atoms with van der Waals surface area (Å²) < 4.78 is 3.59. The lowest BCUT2D eigenvalue weighted by Crippen LogP contribution is -1.92. The molecule has 9 aromatic rings. The van der Waals surface area contributed by atoms with Crippen LogP contribution in [0.15, 0.2) is 158 Å². The van der Waals surface area contributed by atoms with Gasteiger partial charge in [0.25, 0.3) is 0 Å². The number of hydrogen-bond acceptors (Lipinski definition) is 0. The number of benzene rings is 7. The summed E-state index contributed by atoms with van der Waals surface area (Å²) in [6.45, 7) is 0. The lowest BCUT2D eigenvalue weighted by molar-refractivity contribution is 1.18. The van der Waals surface area contributed by atoms with Gasteiger partial charge in [0.15, 0.2) is 0 Å². The minimum absolute atomic E-state index is 1.17. The van der Waals surface area contributed by atoms with Gasteiger partial charge in [-0.15, -0.1) is 0 Å². The van der Waals surface area contributed by atoms with Crippen molar-refractivity contribution in [2.75, 3.05) is 0 Å². The van der Waals surface area contributed by atoms with E-state index in [0.717, 1.165) is 0 Å². The molecular formula is C42H27IN2. The molecule has 0 unspecified atom stereocenters. The van der Waals surface area contributed by atoms with Crippen LogP contribution in [0.5, 0.6) is 0 Å². The van der Waals surface area contributed by atoms with Crippen LogP contribution in [-0.4, -0.2) is 9.55 Å². The van der Waals surface area contributed by atoms with Crippen LogP contribution < -0.4 is 0 Å². The Hall–Kier alpha value is -5.13. The van der Waals surface area contributed by atoms with Crippen molar-refractivity contribution in [1.29, 1.82) is 0 Å². The van der Waals surface area contributed by atoms with Gasteiger partial charge in [-0.2, -0.15) is 0 Å². The van der Waals surface area contributed by atoms with E-state index in [0.29, 0.717) is 0 Å². The number of hydrogen-bond donors (Lipinski definition) is 1. The fraction of sp³-hybridized carbons (Fsp3) is 0. The van der Waals surface area contributed by atoms with E-state index in [1.165, 1.54) is 86.2 Å². The molecule has 2 aromatic heterocycles. The lowest BCUT2D eigenvalue weighted by Gasteiger charge is -2.11. The van der Waals surface area contributed by atoms with Gasteiger partial charge in [0.05, 0.1) is 22.1 Å². The van der Waals surface area contributed by atoms with Crippen LogP contribution in [0.4, 0.5) is 0 Å². The molecule has 212 valence electrons. The van der Waals surface area contributed by atoms with E-state index < -0.39 is 0 Å².